The molecular weight excluding hydrogens is 264 g/mol. The van der Waals surface area contributed by atoms with E-state index in [1.54, 1.807) is 6.07 Å². The molecule has 1 aromatic rings. The number of aliphatic hydroxyl groups excluding tert-OH is 1. The van der Waals surface area contributed by atoms with Crippen molar-refractivity contribution in [1.82, 2.24) is 9.71 Å². The normalized spacial score (nSPS) is 14.6. The maximum atomic E-state index is 12.0. The molecule has 0 aliphatic rings. The molecule has 1 rings (SSSR count). The van der Waals surface area contributed by atoms with Gasteiger partial charge >= 0.3 is 0 Å². The Morgan fingerprint density at radius 2 is 2.05 bits per heavy atom. The highest BCUT2D eigenvalue weighted by Crippen LogP contribution is 2.25. The number of hydrogen-bond acceptors (Lipinski definition) is 4. The summed E-state index contributed by atoms with van der Waals surface area (Å²) in [6.45, 7) is 7.65. The summed E-state index contributed by atoms with van der Waals surface area (Å²) in [5.74, 6) is 0.0675. The van der Waals surface area contributed by atoms with Crippen molar-refractivity contribution in [2.75, 3.05) is 6.54 Å². The Balaban J connectivity index is 2.77. The first-order valence-corrected chi connectivity index (χ1v) is 7.73. The van der Waals surface area contributed by atoms with E-state index in [-0.39, 0.29) is 17.4 Å². The number of sulfonamides is 1. The first-order chi connectivity index (χ1) is 8.67. The lowest BCUT2D eigenvalue weighted by Gasteiger charge is -2.33. The Morgan fingerprint density at radius 3 is 2.53 bits per heavy atom. The average Bonchev–Trinajstić information content (AvgIpc) is 2.37. The molecule has 5 nitrogen and oxygen atoms in total. The summed E-state index contributed by atoms with van der Waals surface area (Å²) in [6, 6.07) is 3.06. The quantitative estimate of drug-likeness (QED) is 0.828. The SMILES string of the molecule is CC(C)C(O)C(C)(C)CNS(=O)(=O)c1cccnc1. The van der Waals surface area contributed by atoms with Gasteiger partial charge in [0, 0.05) is 24.4 Å². The predicted octanol–water partition coefficient (Wildman–Crippen LogP) is 1.40. The van der Waals surface area contributed by atoms with E-state index < -0.39 is 21.5 Å². The van der Waals surface area contributed by atoms with E-state index in [1.165, 1.54) is 18.5 Å². The highest BCUT2D eigenvalue weighted by molar-refractivity contribution is 7.89. The molecule has 2 N–H and O–H groups in total. The van der Waals surface area contributed by atoms with Gasteiger partial charge < -0.3 is 5.11 Å². The zero-order valence-corrected chi connectivity index (χ0v) is 12.6. The van der Waals surface area contributed by atoms with Gasteiger partial charge in [0.1, 0.15) is 4.90 Å². The molecule has 0 saturated carbocycles. The van der Waals surface area contributed by atoms with Gasteiger partial charge in [-0.25, -0.2) is 13.1 Å². The molecule has 0 bridgehead atoms. The van der Waals surface area contributed by atoms with Crippen molar-refractivity contribution in [2.24, 2.45) is 11.3 Å². The van der Waals surface area contributed by atoms with Gasteiger partial charge in [-0.15, -0.1) is 0 Å². The summed E-state index contributed by atoms with van der Waals surface area (Å²) in [5.41, 5.74) is -0.538. The van der Waals surface area contributed by atoms with Gasteiger partial charge in [-0.2, -0.15) is 0 Å². The van der Waals surface area contributed by atoms with Crippen LogP contribution in [0.4, 0.5) is 0 Å². The highest BCUT2D eigenvalue weighted by atomic mass is 32.2. The lowest BCUT2D eigenvalue weighted by atomic mass is 9.81. The number of hydrogen-bond donors (Lipinski definition) is 2. The molecule has 0 saturated heterocycles. The minimum absolute atomic E-state index is 0.0675. The third-order valence-electron chi connectivity index (χ3n) is 3.09. The lowest BCUT2D eigenvalue weighted by Crippen LogP contribution is -2.43. The van der Waals surface area contributed by atoms with Gasteiger partial charge in [0.25, 0.3) is 0 Å². The van der Waals surface area contributed by atoms with Gasteiger partial charge in [-0.3, -0.25) is 4.98 Å². The maximum Gasteiger partial charge on any atom is 0.242 e. The van der Waals surface area contributed by atoms with Crippen LogP contribution in [0.2, 0.25) is 0 Å². The van der Waals surface area contributed by atoms with Crippen molar-refractivity contribution in [3.63, 3.8) is 0 Å². The molecule has 0 aliphatic carbocycles. The maximum absolute atomic E-state index is 12.0. The van der Waals surface area contributed by atoms with Crippen molar-refractivity contribution in [3.05, 3.63) is 24.5 Å². The first kappa shape index (κ1) is 16.1. The predicted molar refractivity (Wildman–Crippen MR) is 74.1 cm³/mol. The summed E-state index contributed by atoms with van der Waals surface area (Å²) in [4.78, 5) is 3.92. The molecule has 0 amide bonds. The van der Waals surface area contributed by atoms with E-state index in [1.807, 2.05) is 27.7 Å². The van der Waals surface area contributed by atoms with Crippen LogP contribution in [0, 0.1) is 11.3 Å². The number of nitrogens with one attached hydrogen (secondary N) is 1. The Kier molecular flexibility index (Phi) is 5.06. The third kappa shape index (κ3) is 4.26. The van der Waals surface area contributed by atoms with Crippen LogP contribution in [0.1, 0.15) is 27.7 Å². The minimum atomic E-state index is -3.58. The smallest absolute Gasteiger partial charge is 0.242 e. The van der Waals surface area contributed by atoms with Crippen molar-refractivity contribution in [3.8, 4) is 0 Å². The molecule has 1 atom stereocenters. The molecule has 0 fully saturated rings. The topological polar surface area (TPSA) is 79.3 Å². The number of pyridine rings is 1. The lowest BCUT2D eigenvalue weighted by molar-refractivity contribution is 0.0166. The van der Waals surface area contributed by atoms with Gasteiger partial charge in [-0.1, -0.05) is 27.7 Å². The van der Waals surface area contributed by atoms with E-state index in [0.717, 1.165) is 0 Å². The molecule has 1 heterocycles. The van der Waals surface area contributed by atoms with Gasteiger partial charge in [-0.05, 0) is 18.1 Å². The van der Waals surface area contributed by atoms with Crippen LogP contribution in [-0.4, -0.2) is 31.2 Å². The van der Waals surface area contributed by atoms with Crippen LogP contribution in [0.25, 0.3) is 0 Å². The Labute approximate surface area is 115 Å². The molecule has 0 spiro atoms. The molecule has 108 valence electrons. The fraction of sp³-hybridized carbons (Fsp3) is 0.615. The third-order valence-corrected chi connectivity index (χ3v) is 4.48. The van der Waals surface area contributed by atoms with Crippen LogP contribution in [-0.2, 0) is 10.0 Å². The number of rotatable bonds is 6. The van der Waals surface area contributed by atoms with Gasteiger partial charge in [0.15, 0.2) is 0 Å². The molecule has 0 radical (unpaired) electrons. The van der Waals surface area contributed by atoms with Crippen molar-refractivity contribution < 1.29 is 13.5 Å². The van der Waals surface area contributed by atoms with Crippen LogP contribution in [0.5, 0.6) is 0 Å². The number of aromatic nitrogens is 1. The van der Waals surface area contributed by atoms with E-state index >= 15 is 0 Å². The molecule has 19 heavy (non-hydrogen) atoms. The Hall–Kier alpha value is -0.980. The minimum Gasteiger partial charge on any atom is -0.392 e. The second-order valence-corrected chi connectivity index (χ2v) is 7.46. The van der Waals surface area contributed by atoms with Crippen molar-refractivity contribution in [2.45, 2.75) is 38.7 Å². The van der Waals surface area contributed by atoms with Crippen molar-refractivity contribution >= 4 is 10.0 Å². The monoisotopic (exact) mass is 286 g/mol. The fourth-order valence-corrected chi connectivity index (χ4v) is 3.06. The Bertz CT molecular complexity index is 498. The van der Waals surface area contributed by atoms with Gasteiger partial charge in [0.2, 0.25) is 10.0 Å². The fourth-order valence-electron chi connectivity index (χ4n) is 1.88. The van der Waals surface area contributed by atoms with Crippen LogP contribution >= 0.6 is 0 Å². The first-order valence-electron chi connectivity index (χ1n) is 6.24. The van der Waals surface area contributed by atoms with Crippen LogP contribution in [0.3, 0.4) is 0 Å². The molecule has 6 heteroatoms. The summed E-state index contributed by atoms with van der Waals surface area (Å²) < 4.78 is 26.6. The number of nitrogens with zero attached hydrogens (tertiary/aromatic N) is 1. The number of aliphatic hydroxyl groups is 1. The zero-order chi connectivity index (χ0) is 14.7. The summed E-state index contributed by atoms with van der Waals surface area (Å²) in [5, 5.41) is 10.1. The summed E-state index contributed by atoms with van der Waals surface area (Å²) in [7, 11) is -3.58. The van der Waals surface area contributed by atoms with Crippen molar-refractivity contribution in [1.29, 1.82) is 0 Å². The van der Waals surface area contributed by atoms with E-state index in [0.29, 0.717) is 0 Å². The summed E-state index contributed by atoms with van der Waals surface area (Å²) in [6.07, 6.45) is 2.24. The largest absolute Gasteiger partial charge is 0.392 e. The molecule has 1 aromatic heterocycles. The molecule has 1 unspecified atom stereocenters. The Morgan fingerprint density at radius 1 is 1.42 bits per heavy atom. The second-order valence-electron chi connectivity index (χ2n) is 5.69. The van der Waals surface area contributed by atoms with Gasteiger partial charge in [0.05, 0.1) is 6.10 Å². The van der Waals surface area contributed by atoms with E-state index in [4.69, 9.17) is 0 Å². The van der Waals surface area contributed by atoms with E-state index in [2.05, 4.69) is 9.71 Å². The van der Waals surface area contributed by atoms with Crippen LogP contribution in [0.15, 0.2) is 29.4 Å². The standard InChI is InChI=1S/C13H22N2O3S/c1-10(2)12(16)13(3,4)9-15-19(17,18)11-6-5-7-14-8-11/h5-8,10,12,15-16H,9H2,1-4H3. The summed E-state index contributed by atoms with van der Waals surface area (Å²) >= 11 is 0. The van der Waals surface area contributed by atoms with Crippen LogP contribution < -0.4 is 4.72 Å². The zero-order valence-electron chi connectivity index (χ0n) is 11.8. The molecular formula is C13H22N2O3S. The highest BCUT2D eigenvalue weighted by Gasteiger charge is 2.31. The molecule has 0 aromatic carbocycles. The second kappa shape index (κ2) is 5.98. The molecule has 0 aliphatic heterocycles. The van der Waals surface area contributed by atoms with E-state index in [9.17, 15) is 13.5 Å². The average molecular weight is 286 g/mol.